The van der Waals surface area contributed by atoms with E-state index in [1.165, 1.54) is 38.5 Å². The number of nitrogen functional groups attached to an aromatic ring is 1. The van der Waals surface area contributed by atoms with E-state index in [1.807, 2.05) is 6.07 Å². The zero-order valence-corrected chi connectivity index (χ0v) is 12.7. The fraction of sp³-hybridized carbons (Fsp3) is 0.533. The summed E-state index contributed by atoms with van der Waals surface area (Å²) in [5.74, 6) is 0.660. The lowest BCUT2D eigenvalue weighted by Gasteiger charge is -2.14. The number of hydrogen-bond donors (Lipinski definition) is 2. The van der Waals surface area contributed by atoms with Crippen molar-refractivity contribution in [2.45, 2.75) is 44.9 Å². The first-order valence-electron chi connectivity index (χ1n) is 7.00. The molecule has 0 unspecified atom stereocenters. The van der Waals surface area contributed by atoms with Crippen LogP contribution in [0.2, 0.25) is 0 Å². The molecule has 0 heterocycles. The first-order valence-corrected chi connectivity index (χ1v) is 7.79. The molecule has 3 nitrogen and oxygen atoms in total. The van der Waals surface area contributed by atoms with Gasteiger partial charge in [0.2, 0.25) is 5.91 Å². The number of nitrogens with one attached hydrogen (secondary N) is 1. The molecule has 1 fully saturated rings. The van der Waals surface area contributed by atoms with Crippen LogP contribution >= 0.6 is 15.9 Å². The number of benzene rings is 1. The van der Waals surface area contributed by atoms with E-state index in [4.69, 9.17) is 5.73 Å². The van der Waals surface area contributed by atoms with Gasteiger partial charge in [-0.3, -0.25) is 4.79 Å². The van der Waals surface area contributed by atoms with Crippen LogP contribution in [0.15, 0.2) is 22.7 Å². The minimum Gasteiger partial charge on any atom is -0.399 e. The standard InChI is InChI=1S/C15H21BrN2O/c16-13-10-12(17)7-8-14(13)18-15(19)9-11-5-3-1-2-4-6-11/h7-8,10-11H,1-6,9,17H2,(H,18,19). The van der Waals surface area contributed by atoms with E-state index >= 15 is 0 Å². The van der Waals surface area contributed by atoms with Crippen LogP contribution in [0, 0.1) is 5.92 Å². The molecule has 0 bridgehead atoms. The predicted octanol–water partition coefficient (Wildman–Crippen LogP) is 4.33. The number of carbonyl (C=O) groups excluding carboxylic acids is 1. The topological polar surface area (TPSA) is 55.1 Å². The summed E-state index contributed by atoms with van der Waals surface area (Å²) in [6, 6.07) is 5.44. The summed E-state index contributed by atoms with van der Waals surface area (Å²) in [6.45, 7) is 0. The van der Waals surface area contributed by atoms with Gasteiger partial charge in [-0.1, -0.05) is 25.7 Å². The fourth-order valence-electron chi connectivity index (χ4n) is 2.66. The maximum atomic E-state index is 12.1. The smallest absolute Gasteiger partial charge is 0.224 e. The highest BCUT2D eigenvalue weighted by Gasteiger charge is 2.16. The predicted molar refractivity (Wildman–Crippen MR) is 83.0 cm³/mol. The minimum atomic E-state index is 0.109. The van der Waals surface area contributed by atoms with Crippen LogP contribution in [-0.4, -0.2) is 5.91 Å². The van der Waals surface area contributed by atoms with Gasteiger partial charge in [-0.15, -0.1) is 0 Å². The molecule has 104 valence electrons. The lowest BCUT2D eigenvalue weighted by Crippen LogP contribution is -2.16. The third kappa shape index (κ3) is 4.53. The quantitative estimate of drug-likeness (QED) is 0.642. The van der Waals surface area contributed by atoms with E-state index in [2.05, 4.69) is 21.2 Å². The summed E-state index contributed by atoms with van der Waals surface area (Å²) >= 11 is 3.42. The molecule has 1 aliphatic carbocycles. The average Bonchev–Trinajstić information content (AvgIpc) is 2.61. The summed E-state index contributed by atoms with van der Waals surface area (Å²) < 4.78 is 0.835. The van der Waals surface area contributed by atoms with E-state index in [0.29, 0.717) is 18.0 Å². The molecular weight excluding hydrogens is 304 g/mol. The molecule has 4 heteroatoms. The minimum absolute atomic E-state index is 0.109. The molecule has 0 aromatic heterocycles. The van der Waals surface area contributed by atoms with Crippen molar-refractivity contribution in [1.29, 1.82) is 0 Å². The molecule has 0 spiro atoms. The summed E-state index contributed by atoms with van der Waals surface area (Å²) in [4.78, 5) is 12.1. The Hall–Kier alpha value is -1.03. The molecule has 3 N–H and O–H groups in total. The number of carbonyl (C=O) groups is 1. The second-order valence-electron chi connectivity index (χ2n) is 5.35. The summed E-state index contributed by atoms with van der Waals surface area (Å²) in [5, 5.41) is 2.96. The second-order valence-corrected chi connectivity index (χ2v) is 6.20. The van der Waals surface area contributed by atoms with Crippen molar-refractivity contribution in [2.24, 2.45) is 5.92 Å². The van der Waals surface area contributed by atoms with Gasteiger partial charge in [-0.25, -0.2) is 0 Å². The largest absolute Gasteiger partial charge is 0.399 e. The van der Waals surface area contributed by atoms with E-state index < -0.39 is 0 Å². The Kier molecular flexibility index (Phi) is 5.25. The first kappa shape index (κ1) is 14.4. The normalized spacial score (nSPS) is 16.9. The lowest BCUT2D eigenvalue weighted by atomic mass is 9.96. The molecule has 1 aromatic carbocycles. The van der Waals surface area contributed by atoms with Gasteiger partial charge in [0.25, 0.3) is 0 Å². The molecule has 0 saturated heterocycles. The van der Waals surface area contributed by atoms with Gasteiger partial charge in [0.15, 0.2) is 0 Å². The Balaban J connectivity index is 1.89. The van der Waals surface area contributed by atoms with Crippen LogP contribution in [-0.2, 0) is 4.79 Å². The van der Waals surface area contributed by atoms with E-state index in [9.17, 15) is 4.79 Å². The van der Waals surface area contributed by atoms with Crippen molar-refractivity contribution in [3.05, 3.63) is 22.7 Å². The lowest BCUT2D eigenvalue weighted by molar-refractivity contribution is -0.117. The van der Waals surface area contributed by atoms with Gasteiger partial charge < -0.3 is 11.1 Å². The summed E-state index contributed by atoms with van der Waals surface area (Å²) in [7, 11) is 0. The van der Waals surface area contributed by atoms with E-state index in [0.717, 1.165) is 10.2 Å². The Morgan fingerprint density at radius 1 is 1.26 bits per heavy atom. The summed E-state index contributed by atoms with van der Waals surface area (Å²) in [5.41, 5.74) is 7.17. The maximum Gasteiger partial charge on any atom is 0.224 e. The highest BCUT2D eigenvalue weighted by atomic mass is 79.9. The number of halogens is 1. The van der Waals surface area contributed by atoms with Crippen molar-refractivity contribution in [3.63, 3.8) is 0 Å². The fourth-order valence-corrected chi connectivity index (χ4v) is 3.16. The van der Waals surface area contributed by atoms with Crippen LogP contribution in [0.4, 0.5) is 11.4 Å². The van der Waals surface area contributed by atoms with Gasteiger partial charge in [-0.05, 0) is 52.9 Å². The Labute approximate surface area is 123 Å². The molecule has 1 amide bonds. The molecule has 0 atom stereocenters. The van der Waals surface area contributed by atoms with Crippen molar-refractivity contribution < 1.29 is 4.79 Å². The monoisotopic (exact) mass is 324 g/mol. The molecule has 19 heavy (non-hydrogen) atoms. The molecule has 1 aliphatic rings. The number of rotatable bonds is 3. The van der Waals surface area contributed by atoms with Crippen molar-refractivity contribution in [1.82, 2.24) is 0 Å². The molecule has 0 radical (unpaired) electrons. The molecule has 1 saturated carbocycles. The zero-order chi connectivity index (χ0) is 13.7. The average molecular weight is 325 g/mol. The molecule has 1 aromatic rings. The summed E-state index contributed by atoms with van der Waals surface area (Å²) in [6.07, 6.45) is 8.19. The third-order valence-corrected chi connectivity index (χ3v) is 4.37. The van der Waals surface area contributed by atoms with Gasteiger partial charge in [0, 0.05) is 16.6 Å². The van der Waals surface area contributed by atoms with E-state index in [1.54, 1.807) is 12.1 Å². The second kappa shape index (κ2) is 6.94. The van der Waals surface area contributed by atoms with Gasteiger partial charge in [-0.2, -0.15) is 0 Å². The first-order chi connectivity index (χ1) is 9.15. The number of nitrogens with two attached hydrogens (primary N) is 1. The third-order valence-electron chi connectivity index (χ3n) is 3.72. The highest BCUT2D eigenvalue weighted by Crippen LogP contribution is 2.28. The van der Waals surface area contributed by atoms with Gasteiger partial charge in [0.1, 0.15) is 0 Å². The highest BCUT2D eigenvalue weighted by molar-refractivity contribution is 9.10. The van der Waals surface area contributed by atoms with Crippen LogP contribution in [0.25, 0.3) is 0 Å². The van der Waals surface area contributed by atoms with Crippen LogP contribution < -0.4 is 11.1 Å². The molecular formula is C15H21BrN2O. The zero-order valence-electron chi connectivity index (χ0n) is 11.1. The van der Waals surface area contributed by atoms with Crippen molar-refractivity contribution >= 4 is 33.2 Å². The Bertz CT molecular complexity index is 440. The van der Waals surface area contributed by atoms with Crippen LogP contribution in [0.1, 0.15) is 44.9 Å². The van der Waals surface area contributed by atoms with Crippen LogP contribution in [0.5, 0.6) is 0 Å². The van der Waals surface area contributed by atoms with Crippen molar-refractivity contribution in [2.75, 3.05) is 11.1 Å². The number of hydrogen-bond acceptors (Lipinski definition) is 2. The maximum absolute atomic E-state index is 12.1. The molecule has 0 aliphatic heterocycles. The van der Waals surface area contributed by atoms with Gasteiger partial charge in [0.05, 0.1) is 5.69 Å². The Morgan fingerprint density at radius 2 is 1.95 bits per heavy atom. The van der Waals surface area contributed by atoms with E-state index in [-0.39, 0.29) is 5.91 Å². The van der Waals surface area contributed by atoms with Crippen molar-refractivity contribution in [3.8, 4) is 0 Å². The Morgan fingerprint density at radius 3 is 2.58 bits per heavy atom. The number of amides is 1. The SMILES string of the molecule is Nc1ccc(NC(=O)CC2CCCCCC2)c(Br)c1. The van der Waals surface area contributed by atoms with Crippen LogP contribution in [0.3, 0.4) is 0 Å². The molecule has 2 rings (SSSR count). The number of anilines is 2. The van der Waals surface area contributed by atoms with Gasteiger partial charge >= 0.3 is 0 Å².